The van der Waals surface area contributed by atoms with Crippen LogP contribution in [0.1, 0.15) is 30.4 Å². The molecule has 1 fully saturated rings. The van der Waals surface area contributed by atoms with Crippen LogP contribution in [0, 0.1) is 5.92 Å². The minimum Gasteiger partial charge on any atom is -0.369 e. The summed E-state index contributed by atoms with van der Waals surface area (Å²) in [7, 11) is 0. The van der Waals surface area contributed by atoms with Crippen molar-refractivity contribution >= 4 is 22.5 Å². The molecule has 1 amide bonds. The Morgan fingerprint density at radius 1 is 1.33 bits per heavy atom. The Balaban J connectivity index is 1.72. The van der Waals surface area contributed by atoms with Gasteiger partial charge in [-0.3, -0.25) is 19.7 Å². The average molecular weight is 322 g/mol. The highest BCUT2D eigenvalue weighted by atomic mass is 16.1. The number of piperidine rings is 1. The predicted octanol–water partition coefficient (Wildman–Crippen LogP) is 1.95. The summed E-state index contributed by atoms with van der Waals surface area (Å²) in [6.45, 7) is 5.22. The van der Waals surface area contributed by atoms with Gasteiger partial charge in [0.15, 0.2) is 0 Å². The number of hydrogen-bond donors (Lipinski definition) is 1. The molecule has 3 heterocycles. The van der Waals surface area contributed by atoms with Gasteiger partial charge in [0.2, 0.25) is 5.91 Å². The molecule has 2 aromatic rings. The zero-order chi connectivity index (χ0) is 16.7. The van der Waals surface area contributed by atoms with Crippen molar-refractivity contribution in [2.75, 3.05) is 26.2 Å². The molecule has 1 saturated heterocycles. The standard InChI is InChI=1S/C19H22N4O/c1-12-7-13(10-23(9-12)11-18(20)24)14-4-5-16(17-8-22-17)19-15(14)3-2-6-21-19/h2-6,12-13H,7-11H2,1H3,(H2,20,24)/t12-,13+/m1/s1. The van der Waals surface area contributed by atoms with Crippen LogP contribution >= 0.6 is 0 Å². The van der Waals surface area contributed by atoms with E-state index in [4.69, 9.17) is 5.73 Å². The molecule has 2 N–H and O–H groups in total. The number of rotatable bonds is 4. The largest absolute Gasteiger partial charge is 0.369 e. The summed E-state index contributed by atoms with van der Waals surface area (Å²) in [4.78, 5) is 22.5. The fourth-order valence-electron chi connectivity index (χ4n) is 4.03. The van der Waals surface area contributed by atoms with Gasteiger partial charge in [-0.25, -0.2) is 0 Å². The van der Waals surface area contributed by atoms with Crippen molar-refractivity contribution in [3.8, 4) is 0 Å². The molecule has 0 bridgehead atoms. The monoisotopic (exact) mass is 322 g/mol. The second-order valence-electron chi connectivity index (χ2n) is 7.06. The normalized spacial score (nSPS) is 24.0. The van der Waals surface area contributed by atoms with Gasteiger partial charge in [-0.1, -0.05) is 25.1 Å². The maximum Gasteiger partial charge on any atom is 0.231 e. The Hall–Kier alpha value is -2.27. The highest BCUT2D eigenvalue weighted by Gasteiger charge is 2.28. The Labute approximate surface area is 141 Å². The second kappa shape index (κ2) is 5.98. The number of carbonyl (C=O) groups excluding carboxylic acids is 1. The van der Waals surface area contributed by atoms with Gasteiger partial charge in [0.25, 0.3) is 0 Å². The highest BCUT2D eigenvalue weighted by molar-refractivity contribution is 6.17. The molecular formula is C19H22N4O. The van der Waals surface area contributed by atoms with Gasteiger partial charge in [-0.05, 0) is 29.9 Å². The van der Waals surface area contributed by atoms with Crippen LogP contribution in [0.4, 0.5) is 0 Å². The molecule has 2 atom stereocenters. The third kappa shape index (κ3) is 2.91. The molecule has 1 aromatic heterocycles. The maximum absolute atomic E-state index is 11.3. The molecule has 24 heavy (non-hydrogen) atoms. The van der Waals surface area contributed by atoms with Gasteiger partial charge in [0, 0.05) is 30.2 Å². The third-order valence-corrected chi connectivity index (χ3v) is 4.99. The minimum atomic E-state index is -0.253. The summed E-state index contributed by atoms with van der Waals surface area (Å²) in [6.07, 6.45) is 2.97. The fourth-order valence-corrected chi connectivity index (χ4v) is 4.03. The Kier molecular flexibility index (Phi) is 3.81. The molecule has 5 heteroatoms. The number of aliphatic imine (C=N–C) groups is 1. The fraction of sp³-hybridized carbons (Fsp3) is 0.421. The highest BCUT2D eigenvalue weighted by Crippen LogP contribution is 2.35. The van der Waals surface area contributed by atoms with E-state index in [1.807, 2.05) is 12.3 Å². The SMILES string of the molecule is C[C@@H]1C[C@H](c2ccc(C3=NC3)c3ncccc23)CN(CC(N)=O)C1. The van der Waals surface area contributed by atoms with Crippen molar-refractivity contribution in [3.63, 3.8) is 0 Å². The number of aromatic nitrogens is 1. The van der Waals surface area contributed by atoms with Gasteiger partial charge in [-0.15, -0.1) is 0 Å². The van der Waals surface area contributed by atoms with Crippen molar-refractivity contribution in [2.45, 2.75) is 19.3 Å². The number of likely N-dealkylation sites (tertiary alicyclic amines) is 1. The summed E-state index contributed by atoms with van der Waals surface area (Å²) < 4.78 is 0. The zero-order valence-corrected chi connectivity index (χ0v) is 13.9. The van der Waals surface area contributed by atoms with Crippen LogP contribution in [0.5, 0.6) is 0 Å². The molecule has 0 unspecified atom stereocenters. The molecule has 2 aliphatic heterocycles. The molecule has 5 nitrogen and oxygen atoms in total. The molecular weight excluding hydrogens is 300 g/mol. The first-order chi connectivity index (χ1) is 11.6. The summed E-state index contributed by atoms with van der Waals surface area (Å²) in [6, 6.07) is 8.54. The summed E-state index contributed by atoms with van der Waals surface area (Å²) >= 11 is 0. The van der Waals surface area contributed by atoms with E-state index in [-0.39, 0.29) is 5.91 Å². The molecule has 0 aliphatic carbocycles. The van der Waals surface area contributed by atoms with Gasteiger partial charge in [-0.2, -0.15) is 0 Å². The van der Waals surface area contributed by atoms with Gasteiger partial charge < -0.3 is 5.73 Å². The first kappa shape index (κ1) is 15.3. The lowest BCUT2D eigenvalue weighted by atomic mass is 9.83. The lowest BCUT2D eigenvalue weighted by molar-refractivity contribution is -0.119. The second-order valence-corrected chi connectivity index (χ2v) is 7.06. The van der Waals surface area contributed by atoms with Crippen molar-refractivity contribution in [3.05, 3.63) is 41.6 Å². The molecule has 0 spiro atoms. The molecule has 2 aliphatic rings. The van der Waals surface area contributed by atoms with Crippen molar-refractivity contribution in [2.24, 2.45) is 16.6 Å². The van der Waals surface area contributed by atoms with Crippen LogP contribution in [0.15, 0.2) is 35.5 Å². The first-order valence-electron chi connectivity index (χ1n) is 8.54. The van der Waals surface area contributed by atoms with Gasteiger partial charge >= 0.3 is 0 Å². The van der Waals surface area contributed by atoms with Crippen LogP contribution in [-0.4, -0.2) is 47.7 Å². The van der Waals surface area contributed by atoms with Crippen molar-refractivity contribution < 1.29 is 4.79 Å². The number of nitrogens with two attached hydrogens (primary N) is 1. The van der Waals surface area contributed by atoms with Crippen LogP contribution < -0.4 is 5.73 Å². The Morgan fingerprint density at radius 3 is 2.92 bits per heavy atom. The number of primary amides is 1. The van der Waals surface area contributed by atoms with Crippen LogP contribution in [0.2, 0.25) is 0 Å². The number of fused-ring (bicyclic) bond motifs is 1. The van der Waals surface area contributed by atoms with E-state index in [9.17, 15) is 4.79 Å². The third-order valence-electron chi connectivity index (χ3n) is 4.99. The topological polar surface area (TPSA) is 71.6 Å². The van der Waals surface area contributed by atoms with E-state index in [2.05, 4.69) is 40.0 Å². The van der Waals surface area contributed by atoms with Crippen LogP contribution in [0.3, 0.4) is 0 Å². The van der Waals surface area contributed by atoms with E-state index < -0.39 is 0 Å². The smallest absolute Gasteiger partial charge is 0.231 e. The van der Waals surface area contributed by atoms with E-state index in [0.717, 1.165) is 42.8 Å². The molecule has 0 radical (unpaired) electrons. The van der Waals surface area contributed by atoms with Gasteiger partial charge in [0.1, 0.15) is 0 Å². The number of hydrogen-bond acceptors (Lipinski definition) is 4. The number of carbonyl (C=O) groups is 1. The van der Waals surface area contributed by atoms with Crippen molar-refractivity contribution in [1.82, 2.24) is 9.88 Å². The van der Waals surface area contributed by atoms with Crippen LogP contribution in [0.25, 0.3) is 10.9 Å². The lowest BCUT2D eigenvalue weighted by Crippen LogP contribution is -2.43. The van der Waals surface area contributed by atoms with E-state index >= 15 is 0 Å². The Bertz CT molecular complexity index is 829. The van der Waals surface area contributed by atoms with Crippen LogP contribution in [-0.2, 0) is 4.79 Å². The average Bonchev–Trinajstić information content (AvgIpc) is 3.37. The van der Waals surface area contributed by atoms with E-state index in [1.54, 1.807) is 0 Å². The predicted molar refractivity (Wildman–Crippen MR) is 95.3 cm³/mol. The molecule has 4 rings (SSSR count). The number of amides is 1. The molecule has 1 aromatic carbocycles. The van der Waals surface area contributed by atoms with E-state index in [1.165, 1.54) is 10.9 Å². The molecule has 0 saturated carbocycles. The Morgan fingerprint density at radius 2 is 2.17 bits per heavy atom. The number of pyridine rings is 1. The first-order valence-corrected chi connectivity index (χ1v) is 8.54. The summed E-state index contributed by atoms with van der Waals surface area (Å²) in [5.74, 6) is 0.689. The van der Waals surface area contributed by atoms with Gasteiger partial charge in [0.05, 0.1) is 24.3 Å². The minimum absolute atomic E-state index is 0.253. The molecule has 124 valence electrons. The quantitative estimate of drug-likeness (QED) is 0.935. The van der Waals surface area contributed by atoms with E-state index in [0.29, 0.717) is 18.4 Å². The zero-order valence-electron chi connectivity index (χ0n) is 13.9. The summed E-state index contributed by atoms with van der Waals surface area (Å²) in [5, 5.41) is 1.21. The lowest BCUT2D eigenvalue weighted by Gasteiger charge is -2.36. The van der Waals surface area contributed by atoms with Crippen molar-refractivity contribution in [1.29, 1.82) is 0 Å². The summed E-state index contributed by atoms with van der Waals surface area (Å²) in [5.41, 5.74) is 10.1. The maximum atomic E-state index is 11.3. The number of benzene rings is 1. The number of nitrogens with zero attached hydrogens (tertiary/aromatic N) is 3.